The molecule has 0 spiro atoms. The van der Waals surface area contributed by atoms with Crippen molar-refractivity contribution in [2.45, 2.75) is 12.8 Å². The monoisotopic (exact) mass is 634 g/mol. The van der Waals surface area contributed by atoms with Gasteiger partial charge in [0.15, 0.2) is 0 Å². The van der Waals surface area contributed by atoms with Gasteiger partial charge in [-0.1, -0.05) is 60.1 Å². The van der Waals surface area contributed by atoms with Crippen molar-refractivity contribution in [2.75, 3.05) is 13.2 Å². The normalized spacial score (nSPS) is 23.2. The van der Waals surface area contributed by atoms with Gasteiger partial charge in [0.1, 0.15) is 6.61 Å². The Labute approximate surface area is 227 Å². The molecule has 4 aliphatic rings. The number of fused-ring (bicyclic) bond motifs is 4. The second-order valence-corrected chi connectivity index (χ2v) is 8.29. The molecule has 2 aromatic carbocycles. The van der Waals surface area contributed by atoms with E-state index in [4.69, 9.17) is 9.47 Å². The minimum Gasteiger partial charge on any atom is -0.680 e. The van der Waals surface area contributed by atoms with Gasteiger partial charge in [0.25, 0.3) is 5.97 Å². The Morgan fingerprint density at radius 1 is 0.676 bits per heavy atom. The molecular formula is C28H28O4Rh2-6. The molecule has 0 N–H and O–H groups in total. The van der Waals surface area contributed by atoms with E-state index in [-0.39, 0.29) is 52.2 Å². The molecule has 0 heterocycles. The summed E-state index contributed by atoms with van der Waals surface area (Å²) in [6.45, 7) is 0.104. The number of ether oxygens (including phenoxy) is 2. The summed E-state index contributed by atoms with van der Waals surface area (Å²) in [5, 5.41) is 0. The smallest absolute Gasteiger partial charge is 0.281 e. The molecule has 2 aromatic rings. The first kappa shape index (κ1) is 28.1. The summed E-state index contributed by atoms with van der Waals surface area (Å²) >= 11 is 0. The van der Waals surface area contributed by atoms with Crippen LogP contribution in [0.4, 0.5) is 0 Å². The molecule has 188 valence electrons. The molecule has 2 radical (unpaired) electrons. The zero-order valence-corrected chi connectivity index (χ0v) is 22.0. The van der Waals surface area contributed by atoms with Crippen LogP contribution >= 0.6 is 0 Å². The Kier molecular flexibility index (Phi) is 11.8. The fraction of sp³-hybridized carbons (Fsp3) is 0.286. The summed E-state index contributed by atoms with van der Waals surface area (Å²) in [7, 11) is 0. The fourth-order valence-electron chi connectivity index (χ4n) is 4.11. The summed E-state index contributed by atoms with van der Waals surface area (Å²) in [6.07, 6.45) is 21.1. The van der Waals surface area contributed by atoms with Crippen molar-refractivity contribution in [1.82, 2.24) is 0 Å². The molecule has 6 heteroatoms. The molecule has 0 amide bonds. The van der Waals surface area contributed by atoms with Crippen molar-refractivity contribution in [3.63, 3.8) is 0 Å². The molecule has 0 aliphatic heterocycles. The van der Waals surface area contributed by atoms with Crippen molar-refractivity contribution in [3.05, 3.63) is 108 Å². The van der Waals surface area contributed by atoms with Crippen molar-refractivity contribution in [2.24, 2.45) is 23.7 Å². The first-order valence-corrected chi connectivity index (χ1v) is 11.2. The van der Waals surface area contributed by atoms with Gasteiger partial charge in [0.05, 0.1) is 6.61 Å². The van der Waals surface area contributed by atoms with Crippen LogP contribution in [0.25, 0.3) is 0 Å². The van der Waals surface area contributed by atoms with E-state index in [0.29, 0.717) is 11.1 Å². The minimum atomic E-state index is -0.413. The predicted molar refractivity (Wildman–Crippen MR) is 124 cm³/mol. The maximum atomic E-state index is 11.4. The standard InChI is InChI=1S/C14H12O4.2C7H8.2Rh/c15-13(11-5-1-2-6-11)17-9-10-18-14(16)12-7-3-4-8-12;2*1-2-7-4-3-6(1)5-7;;/h1-8H,9-10H2;2*1-4,6-7H,5H2;;/q-6;;;;. The zero-order chi connectivity index (χ0) is 22.2. The third-order valence-electron chi connectivity index (χ3n) is 5.86. The molecule has 4 nitrogen and oxygen atoms in total. The second-order valence-electron chi connectivity index (χ2n) is 8.29. The van der Waals surface area contributed by atoms with Crippen LogP contribution in [-0.2, 0) is 48.4 Å². The van der Waals surface area contributed by atoms with E-state index >= 15 is 0 Å². The van der Waals surface area contributed by atoms with E-state index in [9.17, 15) is 9.59 Å². The number of rotatable bonds is 5. The summed E-state index contributed by atoms with van der Waals surface area (Å²) in [5.41, 5.74) is 0.995. The van der Waals surface area contributed by atoms with Gasteiger partial charge in [-0.15, -0.1) is 0 Å². The quantitative estimate of drug-likeness (QED) is 0.141. The van der Waals surface area contributed by atoms with Crippen LogP contribution in [0.5, 0.6) is 0 Å². The van der Waals surface area contributed by atoms with E-state index in [0.717, 1.165) is 23.7 Å². The van der Waals surface area contributed by atoms with E-state index in [1.807, 2.05) is 0 Å². The first-order chi connectivity index (χ1) is 15.7. The first-order valence-electron chi connectivity index (χ1n) is 11.2. The molecular weight excluding hydrogens is 606 g/mol. The topological polar surface area (TPSA) is 52.6 Å². The molecule has 0 fully saturated rings. The van der Waals surface area contributed by atoms with E-state index in [1.54, 1.807) is 48.5 Å². The van der Waals surface area contributed by atoms with E-state index in [1.165, 1.54) is 12.8 Å². The Bertz CT molecular complexity index is 861. The second kappa shape index (κ2) is 14.3. The zero-order valence-electron chi connectivity index (χ0n) is 18.7. The maximum absolute atomic E-state index is 11.4. The summed E-state index contributed by atoms with van der Waals surface area (Å²) < 4.78 is 9.88. The molecule has 0 saturated heterocycles. The van der Waals surface area contributed by atoms with E-state index < -0.39 is 11.9 Å². The van der Waals surface area contributed by atoms with Gasteiger partial charge in [0.2, 0.25) is 0 Å². The number of hydrogen-bond acceptors (Lipinski definition) is 4. The van der Waals surface area contributed by atoms with Crippen molar-refractivity contribution in [3.8, 4) is 0 Å². The third-order valence-corrected chi connectivity index (χ3v) is 5.86. The average Bonchev–Trinajstić information content (AvgIpc) is 3.68. The summed E-state index contributed by atoms with van der Waals surface area (Å²) in [4.78, 5) is 22.8. The molecule has 6 rings (SSSR count). The molecule has 0 saturated carbocycles. The Balaban J connectivity index is 0.000000208. The molecule has 4 bridgehead atoms. The number of esters is 2. The van der Waals surface area contributed by atoms with Crippen molar-refractivity contribution < 1.29 is 58.0 Å². The van der Waals surface area contributed by atoms with Gasteiger partial charge in [-0.2, -0.15) is 12.1 Å². The number of hydrogen-bond donors (Lipinski definition) is 0. The Morgan fingerprint density at radius 2 is 1.06 bits per heavy atom. The average molecular weight is 634 g/mol. The summed E-state index contributed by atoms with van der Waals surface area (Å²) in [6, 6.07) is 13.7. The van der Waals surface area contributed by atoms with E-state index in [2.05, 4.69) is 48.6 Å². The minimum absolute atomic E-state index is 0. The van der Waals surface area contributed by atoms with Crippen LogP contribution < -0.4 is 0 Å². The molecule has 0 atom stereocenters. The molecule has 4 aliphatic carbocycles. The SMILES string of the molecule is C1=CC2C=CC1C2.C1=CC2C=CC1C2.O=C(OCCOC(=O)[c-]1[cH-][cH-][cH-][cH-]1)[c-]1cccc1.[Rh].[Rh]. The van der Waals surface area contributed by atoms with Gasteiger partial charge in [-0.3, -0.25) is 4.79 Å². The molecule has 34 heavy (non-hydrogen) atoms. The van der Waals surface area contributed by atoms with Crippen LogP contribution in [0.1, 0.15) is 33.6 Å². The maximum Gasteiger partial charge on any atom is 0.281 e. The van der Waals surface area contributed by atoms with Gasteiger partial charge >= 0.3 is 0 Å². The van der Waals surface area contributed by atoms with Crippen LogP contribution in [-0.4, -0.2) is 25.2 Å². The number of carbonyl (C=O) groups excluding carboxylic acids is 2. The van der Waals surface area contributed by atoms with Gasteiger partial charge in [0, 0.05) is 39.0 Å². The Hall–Kier alpha value is -2.15. The van der Waals surface area contributed by atoms with Crippen LogP contribution in [0.2, 0.25) is 0 Å². The van der Waals surface area contributed by atoms with Crippen molar-refractivity contribution in [1.29, 1.82) is 0 Å². The van der Waals surface area contributed by atoms with Gasteiger partial charge in [-0.25, -0.2) is 12.1 Å². The fourth-order valence-corrected chi connectivity index (χ4v) is 4.11. The Morgan fingerprint density at radius 3 is 1.41 bits per heavy atom. The summed E-state index contributed by atoms with van der Waals surface area (Å²) in [5.74, 6) is 2.42. The third kappa shape index (κ3) is 8.26. The number of allylic oxidation sites excluding steroid dienone is 8. The van der Waals surface area contributed by atoms with Crippen LogP contribution in [0.15, 0.2) is 97.1 Å². The number of carbonyl (C=O) groups is 2. The predicted octanol–water partition coefficient (Wildman–Crippen LogP) is 5.63. The van der Waals surface area contributed by atoms with Gasteiger partial charge in [-0.05, 0) is 36.5 Å². The largest absolute Gasteiger partial charge is 0.680 e. The van der Waals surface area contributed by atoms with Crippen molar-refractivity contribution >= 4 is 11.9 Å². The molecule has 0 unspecified atom stereocenters. The van der Waals surface area contributed by atoms with Crippen LogP contribution in [0.3, 0.4) is 0 Å². The van der Waals surface area contributed by atoms with Gasteiger partial charge < -0.3 is 44.1 Å². The van der Waals surface area contributed by atoms with Crippen LogP contribution in [0, 0.1) is 23.7 Å². The molecule has 0 aromatic heterocycles.